The highest BCUT2D eigenvalue weighted by Gasteiger charge is 2.28. The summed E-state index contributed by atoms with van der Waals surface area (Å²) in [6.45, 7) is 0.438. The molecule has 2 N–H and O–H groups in total. The van der Waals surface area contributed by atoms with Crippen molar-refractivity contribution >= 4 is 11.7 Å². The third-order valence-electron chi connectivity index (χ3n) is 2.95. The third-order valence-corrected chi connectivity index (χ3v) is 2.95. The molecular weight excluding hydrogens is 303 g/mol. The van der Waals surface area contributed by atoms with E-state index in [1.165, 1.54) is 18.3 Å². The molecule has 1 fully saturated rings. The minimum Gasteiger partial charge on any atom is -0.468 e. The summed E-state index contributed by atoms with van der Waals surface area (Å²) < 4.78 is 45.6. The number of amides is 2. The molecule has 2 rings (SSSR count). The van der Waals surface area contributed by atoms with E-state index in [2.05, 4.69) is 20.4 Å². The Morgan fingerprint density at radius 3 is 2.86 bits per heavy atom. The van der Waals surface area contributed by atoms with Gasteiger partial charge in [-0.3, -0.25) is 0 Å². The first-order valence-electron chi connectivity index (χ1n) is 6.70. The van der Waals surface area contributed by atoms with Gasteiger partial charge in [0, 0.05) is 25.1 Å². The average Bonchev–Trinajstić information content (AvgIpc) is 2.97. The molecule has 0 saturated carbocycles. The molecule has 1 atom stereocenters. The van der Waals surface area contributed by atoms with Gasteiger partial charge >= 0.3 is 12.2 Å². The summed E-state index contributed by atoms with van der Waals surface area (Å²) in [6.07, 6.45) is -2.28. The van der Waals surface area contributed by atoms with Gasteiger partial charge in [0.25, 0.3) is 0 Å². The van der Waals surface area contributed by atoms with Gasteiger partial charge in [0.1, 0.15) is 0 Å². The van der Waals surface area contributed by atoms with E-state index < -0.39 is 18.8 Å². The van der Waals surface area contributed by atoms with Crippen LogP contribution in [0.5, 0.6) is 5.88 Å². The maximum absolute atomic E-state index is 12.0. The molecule has 1 aromatic rings. The van der Waals surface area contributed by atoms with Crippen molar-refractivity contribution in [2.45, 2.75) is 12.6 Å². The van der Waals surface area contributed by atoms with Crippen LogP contribution in [0.2, 0.25) is 0 Å². The number of ether oxygens (including phenoxy) is 2. The number of halogens is 3. The summed E-state index contributed by atoms with van der Waals surface area (Å²) >= 11 is 0. The molecule has 1 saturated heterocycles. The van der Waals surface area contributed by atoms with Crippen LogP contribution in [-0.4, -0.2) is 43.6 Å². The fourth-order valence-corrected chi connectivity index (χ4v) is 1.85. The van der Waals surface area contributed by atoms with E-state index in [0.717, 1.165) is 6.42 Å². The molecule has 0 spiro atoms. The normalized spacial score (nSPS) is 18.0. The van der Waals surface area contributed by atoms with E-state index in [1.54, 1.807) is 0 Å². The molecule has 1 aliphatic rings. The smallest absolute Gasteiger partial charge is 0.422 e. The summed E-state index contributed by atoms with van der Waals surface area (Å²) in [5.41, 5.74) is 0.361. The number of aromatic nitrogens is 1. The van der Waals surface area contributed by atoms with Crippen LogP contribution in [-0.2, 0) is 4.74 Å². The Kier molecular flexibility index (Phi) is 5.42. The lowest BCUT2D eigenvalue weighted by atomic mass is 10.1. The summed E-state index contributed by atoms with van der Waals surface area (Å²) in [7, 11) is 0. The van der Waals surface area contributed by atoms with Gasteiger partial charge in [-0.1, -0.05) is 0 Å². The highest BCUT2D eigenvalue weighted by molar-refractivity contribution is 5.88. The van der Waals surface area contributed by atoms with Crippen molar-refractivity contribution in [1.82, 2.24) is 10.3 Å². The third kappa shape index (κ3) is 5.76. The molecule has 1 aromatic heterocycles. The summed E-state index contributed by atoms with van der Waals surface area (Å²) in [6, 6.07) is 2.26. The zero-order chi connectivity index (χ0) is 16.0. The quantitative estimate of drug-likeness (QED) is 0.872. The van der Waals surface area contributed by atoms with Gasteiger partial charge in [0.05, 0.1) is 18.5 Å². The maximum Gasteiger partial charge on any atom is 0.422 e. The Hall–Kier alpha value is -2.03. The van der Waals surface area contributed by atoms with Gasteiger partial charge in [-0.25, -0.2) is 9.78 Å². The Morgan fingerprint density at radius 2 is 2.27 bits per heavy atom. The predicted molar refractivity (Wildman–Crippen MR) is 71.7 cm³/mol. The van der Waals surface area contributed by atoms with E-state index in [0.29, 0.717) is 31.4 Å². The van der Waals surface area contributed by atoms with Crippen molar-refractivity contribution in [3.63, 3.8) is 0 Å². The van der Waals surface area contributed by atoms with E-state index in [1.807, 2.05) is 0 Å². The molecule has 2 amide bonds. The Bertz CT molecular complexity index is 488. The Labute approximate surface area is 125 Å². The van der Waals surface area contributed by atoms with Crippen LogP contribution in [0.25, 0.3) is 0 Å². The number of rotatable bonds is 5. The number of carbonyl (C=O) groups is 1. The standard InChI is InChI=1S/C13H16F3N3O3/c14-13(15,16)8-22-11-2-1-10(6-17-11)19-12(20)18-5-9-3-4-21-7-9/h1-2,6,9H,3-5,7-8H2,(H2,18,19,20). The number of hydrogen-bond acceptors (Lipinski definition) is 4. The highest BCUT2D eigenvalue weighted by atomic mass is 19.4. The highest BCUT2D eigenvalue weighted by Crippen LogP contribution is 2.18. The predicted octanol–water partition coefficient (Wildman–Crippen LogP) is 2.18. The maximum atomic E-state index is 12.0. The van der Waals surface area contributed by atoms with Crippen molar-refractivity contribution < 1.29 is 27.4 Å². The number of hydrogen-bond donors (Lipinski definition) is 2. The van der Waals surface area contributed by atoms with Crippen molar-refractivity contribution in [3.05, 3.63) is 18.3 Å². The van der Waals surface area contributed by atoms with E-state index in [-0.39, 0.29) is 5.88 Å². The first kappa shape index (κ1) is 16.3. The van der Waals surface area contributed by atoms with Crippen LogP contribution in [0, 0.1) is 5.92 Å². The number of carbonyl (C=O) groups excluding carboxylic acids is 1. The number of alkyl halides is 3. The molecule has 0 radical (unpaired) electrons. The van der Waals surface area contributed by atoms with Gasteiger partial charge in [-0.05, 0) is 12.5 Å². The second-order valence-electron chi connectivity index (χ2n) is 4.85. The van der Waals surface area contributed by atoms with Crippen LogP contribution in [0.3, 0.4) is 0 Å². The number of nitrogens with zero attached hydrogens (tertiary/aromatic N) is 1. The number of urea groups is 1. The van der Waals surface area contributed by atoms with Crippen LogP contribution in [0.1, 0.15) is 6.42 Å². The topological polar surface area (TPSA) is 72.5 Å². The van der Waals surface area contributed by atoms with Crippen LogP contribution >= 0.6 is 0 Å². The molecule has 2 heterocycles. The fraction of sp³-hybridized carbons (Fsp3) is 0.538. The van der Waals surface area contributed by atoms with Crippen molar-refractivity contribution in [2.24, 2.45) is 5.92 Å². The lowest BCUT2D eigenvalue weighted by Gasteiger charge is -2.11. The summed E-state index contributed by atoms with van der Waals surface area (Å²) in [4.78, 5) is 15.3. The molecule has 22 heavy (non-hydrogen) atoms. The molecule has 9 heteroatoms. The molecule has 1 unspecified atom stereocenters. The van der Waals surface area contributed by atoms with Crippen molar-refractivity contribution in [2.75, 3.05) is 31.7 Å². The lowest BCUT2D eigenvalue weighted by molar-refractivity contribution is -0.154. The van der Waals surface area contributed by atoms with Gasteiger partial charge < -0.3 is 20.1 Å². The largest absolute Gasteiger partial charge is 0.468 e. The molecule has 122 valence electrons. The molecular formula is C13H16F3N3O3. The molecule has 1 aliphatic heterocycles. The average molecular weight is 319 g/mol. The summed E-state index contributed by atoms with van der Waals surface area (Å²) in [5.74, 6) is 0.147. The first-order chi connectivity index (χ1) is 10.4. The van der Waals surface area contributed by atoms with Crippen LogP contribution in [0.4, 0.5) is 23.7 Å². The lowest BCUT2D eigenvalue weighted by Crippen LogP contribution is -2.33. The zero-order valence-electron chi connectivity index (χ0n) is 11.7. The van der Waals surface area contributed by atoms with E-state index in [4.69, 9.17) is 4.74 Å². The fourth-order valence-electron chi connectivity index (χ4n) is 1.85. The van der Waals surface area contributed by atoms with Crippen LogP contribution < -0.4 is 15.4 Å². The first-order valence-corrected chi connectivity index (χ1v) is 6.70. The number of anilines is 1. The Balaban J connectivity index is 1.74. The monoisotopic (exact) mass is 319 g/mol. The van der Waals surface area contributed by atoms with Gasteiger partial charge in [-0.15, -0.1) is 0 Å². The molecule has 0 bridgehead atoms. The molecule has 0 aromatic carbocycles. The second kappa shape index (κ2) is 7.30. The minimum atomic E-state index is -4.41. The van der Waals surface area contributed by atoms with Gasteiger partial charge in [0.15, 0.2) is 6.61 Å². The number of pyridine rings is 1. The Morgan fingerprint density at radius 1 is 1.45 bits per heavy atom. The SMILES string of the molecule is O=C(NCC1CCOC1)Nc1ccc(OCC(F)(F)F)nc1. The van der Waals surface area contributed by atoms with Crippen molar-refractivity contribution in [3.8, 4) is 5.88 Å². The minimum absolute atomic E-state index is 0.161. The zero-order valence-corrected chi connectivity index (χ0v) is 11.7. The second-order valence-corrected chi connectivity index (χ2v) is 4.85. The molecule has 0 aliphatic carbocycles. The van der Waals surface area contributed by atoms with Gasteiger partial charge in [-0.2, -0.15) is 13.2 Å². The van der Waals surface area contributed by atoms with Crippen molar-refractivity contribution in [1.29, 1.82) is 0 Å². The molecule has 6 nitrogen and oxygen atoms in total. The number of nitrogens with one attached hydrogen (secondary N) is 2. The summed E-state index contributed by atoms with van der Waals surface area (Å²) in [5, 5.41) is 5.23. The van der Waals surface area contributed by atoms with E-state index in [9.17, 15) is 18.0 Å². The van der Waals surface area contributed by atoms with Gasteiger partial charge in [0.2, 0.25) is 5.88 Å². The van der Waals surface area contributed by atoms with Crippen LogP contribution in [0.15, 0.2) is 18.3 Å². The van der Waals surface area contributed by atoms with E-state index >= 15 is 0 Å².